The Hall–Kier alpha value is -2.69. The fourth-order valence-electron chi connectivity index (χ4n) is 2.93. The fourth-order valence-corrected chi connectivity index (χ4v) is 4.19. The van der Waals surface area contributed by atoms with E-state index in [0.717, 1.165) is 30.4 Å². The summed E-state index contributed by atoms with van der Waals surface area (Å²) in [5, 5.41) is 15.3. The first-order valence-electron chi connectivity index (χ1n) is 8.35. The number of benzene rings is 1. The average molecular weight is 369 g/mol. The molecule has 0 bridgehead atoms. The number of carbonyl (C=O) groups excluding carboxylic acids is 2. The van der Waals surface area contributed by atoms with E-state index in [1.54, 1.807) is 6.07 Å². The summed E-state index contributed by atoms with van der Waals surface area (Å²) in [6.07, 6.45) is 2.91. The van der Waals surface area contributed by atoms with E-state index in [2.05, 4.69) is 16.7 Å². The van der Waals surface area contributed by atoms with Crippen LogP contribution in [0.3, 0.4) is 0 Å². The monoisotopic (exact) mass is 369 g/mol. The third kappa shape index (κ3) is 4.28. The number of aryl methyl sites for hydroxylation is 2. The van der Waals surface area contributed by atoms with Gasteiger partial charge in [-0.1, -0.05) is 12.1 Å². The van der Waals surface area contributed by atoms with Gasteiger partial charge in [0.1, 0.15) is 24.3 Å². The Morgan fingerprint density at radius 3 is 2.73 bits per heavy atom. The van der Waals surface area contributed by atoms with E-state index in [9.17, 15) is 14.9 Å². The van der Waals surface area contributed by atoms with Crippen molar-refractivity contribution < 1.29 is 14.3 Å². The highest BCUT2D eigenvalue weighted by molar-refractivity contribution is 7.16. The maximum absolute atomic E-state index is 12.0. The SMILES string of the molecule is Cc1cccc(NC(=O)COCC(=O)Nc2sc3c(c2C#N)CCC3)c1. The molecule has 0 aliphatic heterocycles. The molecule has 1 aliphatic carbocycles. The smallest absolute Gasteiger partial charge is 0.251 e. The van der Waals surface area contributed by atoms with Crippen molar-refractivity contribution in [3.8, 4) is 6.07 Å². The highest BCUT2D eigenvalue weighted by Gasteiger charge is 2.23. The van der Waals surface area contributed by atoms with Crippen LogP contribution in [0.1, 0.15) is 28.0 Å². The van der Waals surface area contributed by atoms with Crippen LogP contribution in [0.15, 0.2) is 24.3 Å². The van der Waals surface area contributed by atoms with Crippen molar-refractivity contribution in [2.45, 2.75) is 26.2 Å². The molecular formula is C19H19N3O3S. The predicted molar refractivity (Wildman–Crippen MR) is 100 cm³/mol. The van der Waals surface area contributed by atoms with Gasteiger partial charge in [0.2, 0.25) is 5.91 Å². The zero-order chi connectivity index (χ0) is 18.5. The van der Waals surface area contributed by atoms with E-state index in [1.165, 1.54) is 16.2 Å². The Morgan fingerprint density at radius 2 is 2.00 bits per heavy atom. The molecule has 6 nitrogen and oxygen atoms in total. The Balaban J connectivity index is 1.46. The summed E-state index contributed by atoms with van der Waals surface area (Å²) < 4.78 is 5.18. The van der Waals surface area contributed by atoms with Crippen LogP contribution in [0.5, 0.6) is 0 Å². The number of hydrogen-bond donors (Lipinski definition) is 2. The first kappa shape index (κ1) is 18.1. The minimum Gasteiger partial charge on any atom is -0.362 e. The van der Waals surface area contributed by atoms with Crippen LogP contribution in [-0.2, 0) is 27.2 Å². The lowest BCUT2D eigenvalue weighted by atomic mass is 10.1. The molecule has 0 radical (unpaired) electrons. The molecule has 26 heavy (non-hydrogen) atoms. The van der Waals surface area contributed by atoms with Crippen molar-refractivity contribution >= 4 is 33.8 Å². The highest BCUT2D eigenvalue weighted by atomic mass is 32.1. The molecule has 2 amide bonds. The molecule has 0 saturated carbocycles. The zero-order valence-corrected chi connectivity index (χ0v) is 15.2. The van der Waals surface area contributed by atoms with Crippen LogP contribution in [0.2, 0.25) is 0 Å². The van der Waals surface area contributed by atoms with Crippen LogP contribution in [0.4, 0.5) is 10.7 Å². The summed E-state index contributed by atoms with van der Waals surface area (Å²) in [5.41, 5.74) is 3.35. The summed E-state index contributed by atoms with van der Waals surface area (Å²) >= 11 is 1.46. The molecule has 7 heteroatoms. The van der Waals surface area contributed by atoms with E-state index in [-0.39, 0.29) is 25.0 Å². The van der Waals surface area contributed by atoms with Crippen LogP contribution >= 0.6 is 11.3 Å². The van der Waals surface area contributed by atoms with Gasteiger partial charge in [0, 0.05) is 10.6 Å². The maximum Gasteiger partial charge on any atom is 0.251 e. The van der Waals surface area contributed by atoms with Crippen molar-refractivity contribution in [3.05, 3.63) is 45.8 Å². The molecule has 2 aromatic rings. The number of ether oxygens (including phenoxy) is 1. The molecule has 0 atom stereocenters. The van der Waals surface area contributed by atoms with Gasteiger partial charge in [-0.15, -0.1) is 11.3 Å². The summed E-state index contributed by atoms with van der Waals surface area (Å²) in [4.78, 5) is 25.0. The summed E-state index contributed by atoms with van der Waals surface area (Å²) in [6, 6.07) is 9.61. The second kappa shape index (κ2) is 8.13. The third-order valence-corrected chi connectivity index (χ3v) is 5.26. The van der Waals surface area contributed by atoms with E-state index in [1.807, 2.05) is 25.1 Å². The molecule has 0 fully saturated rings. The number of anilines is 2. The van der Waals surface area contributed by atoms with Crippen molar-refractivity contribution in [2.24, 2.45) is 0 Å². The van der Waals surface area contributed by atoms with Crippen molar-refractivity contribution in [1.82, 2.24) is 0 Å². The number of rotatable bonds is 6. The van der Waals surface area contributed by atoms with E-state index < -0.39 is 0 Å². The molecule has 0 saturated heterocycles. The average Bonchev–Trinajstić information content (AvgIpc) is 3.15. The van der Waals surface area contributed by atoms with Crippen LogP contribution < -0.4 is 10.6 Å². The van der Waals surface area contributed by atoms with Gasteiger partial charge in [-0.25, -0.2) is 0 Å². The van der Waals surface area contributed by atoms with Gasteiger partial charge in [0.05, 0.1) is 5.56 Å². The molecular weight excluding hydrogens is 350 g/mol. The minimum atomic E-state index is -0.371. The van der Waals surface area contributed by atoms with E-state index in [0.29, 0.717) is 16.3 Å². The maximum atomic E-state index is 12.0. The second-order valence-electron chi connectivity index (χ2n) is 6.13. The van der Waals surface area contributed by atoms with Crippen molar-refractivity contribution in [2.75, 3.05) is 23.8 Å². The fraction of sp³-hybridized carbons (Fsp3) is 0.316. The van der Waals surface area contributed by atoms with Gasteiger partial charge in [-0.2, -0.15) is 5.26 Å². The quantitative estimate of drug-likeness (QED) is 0.819. The summed E-state index contributed by atoms with van der Waals surface area (Å²) in [6.45, 7) is 1.48. The number of thiophene rings is 1. The molecule has 2 N–H and O–H groups in total. The van der Waals surface area contributed by atoms with Gasteiger partial charge in [0.15, 0.2) is 0 Å². The highest BCUT2D eigenvalue weighted by Crippen LogP contribution is 2.38. The van der Waals surface area contributed by atoms with Gasteiger partial charge in [-0.3, -0.25) is 9.59 Å². The third-order valence-electron chi connectivity index (χ3n) is 4.05. The number of amides is 2. The van der Waals surface area contributed by atoms with E-state index >= 15 is 0 Å². The summed E-state index contributed by atoms with van der Waals surface area (Å²) in [5.74, 6) is -0.694. The van der Waals surface area contributed by atoms with Crippen LogP contribution in [0, 0.1) is 18.3 Å². The van der Waals surface area contributed by atoms with Gasteiger partial charge < -0.3 is 15.4 Å². The van der Waals surface area contributed by atoms with Crippen LogP contribution in [0.25, 0.3) is 0 Å². The number of nitrogens with zero attached hydrogens (tertiary/aromatic N) is 1. The normalized spacial score (nSPS) is 12.3. The van der Waals surface area contributed by atoms with Crippen molar-refractivity contribution in [1.29, 1.82) is 5.26 Å². The Kier molecular flexibility index (Phi) is 5.66. The predicted octanol–water partition coefficient (Wildman–Crippen LogP) is 3.01. The minimum absolute atomic E-state index is 0.215. The lowest BCUT2D eigenvalue weighted by Gasteiger charge is -2.07. The number of carbonyl (C=O) groups is 2. The molecule has 1 heterocycles. The molecule has 134 valence electrons. The number of hydrogen-bond acceptors (Lipinski definition) is 5. The molecule has 1 aliphatic rings. The molecule has 3 rings (SSSR count). The Labute approximate surface area is 155 Å². The van der Waals surface area contributed by atoms with E-state index in [4.69, 9.17) is 4.74 Å². The standard InChI is InChI=1S/C19H19N3O3S/c1-12-4-2-5-13(8-12)21-17(23)10-25-11-18(24)22-19-15(9-20)14-6-3-7-16(14)26-19/h2,4-5,8H,3,6-7,10-11H2,1H3,(H,21,23)(H,22,24). The molecule has 1 aromatic carbocycles. The van der Waals surface area contributed by atoms with Crippen molar-refractivity contribution in [3.63, 3.8) is 0 Å². The largest absolute Gasteiger partial charge is 0.362 e. The number of fused-ring (bicyclic) bond motifs is 1. The van der Waals surface area contributed by atoms with Gasteiger partial charge in [0.25, 0.3) is 5.91 Å². The second-order valence-corrected chi connectivity index (χ2v) is 7.24. The van der Waals surface area contributed by atoms with Gasteiger partial charge >= 0.3 is 0 Å². The molecule has 1 aromatic heterocycles. The van der Waals surface area contributed by atoms with Crippen LogP contribution in [-0.4, -0.2) is 25.0 Å². The molecule has 0 unspecified atom stereocenters. The van der Waals surface area contributed by atoms with Gasteiger partial charge in [-0.05, 0) is 49.4 Å². The Bertz CT molecular complexity index is 883. The first-order valence-corrected chi connectivity index (χ1v) is 9.17. The zero-order valence-electron chi connectivity index (χ0n) is 14.4. The number of nitriles is 1. The topological polar surface area (TPSA) is 91.2 Å². The lowest BCUT2D eigenvalue weighted by molar-refractivity contribution is -0.125. The first-order chi connectivity index (χ1) is 12.6. The molecule has 0 spiro atoms. The lowest BCUT2D eigenvalue weighted by Crippen LogP contribution is -2.24. The Morgan fingerprint density at radius 1 is 1.23 bits per heavy atom. The summed E-state index contributed by atoms with van der Waals surface area (Å²) in [7, 11) is 0. The number of nitrogens with one attached hydrogen (secondary N) is 2.